The first-order chi connectivity index (χ1) is 14.1. The summed E-state index contributed by atoms with van der Waals surface area (Å²) in [4.78, 5) is 35.4. The summed E-state index contributed by atoms with van der Waals surface area (Å²) in [6, 6.07) is 11.0. The van der Waals surface area contributed by atoms with Crippen LogP contribution in [0.4, 0.5) is 5.69 Å². The molecule has 148 valence electrons. The van der Waals surface area contributed by atoms with Crippen LogP contribution in [0.2, 0.25) is 0 Å². The van der Waals surface area contributed by atoms with Crippen LogP contribution in [0.15, 0.2) is 65.8 Å². The monoisotopic (exact) mass is 453 g/mol. The maximum atomic E-state index is 12.6. The average molecular weight is 454 g/mol. The lowest BCUT2D eigenvalue weighted by Gasteiger charge is -2.31. The Morgan fingerprint density at radius 2 is 1.83 bits per heavy atom. The molecule has 1 aliphatic heterocycles. The van der Waals surface area contributed by atoms with Crippen molar-refractivity contribution in [1.82, 2.24) is 19.4 Å². The molecule has 2 amide bonds. The quantitative estimate of drug-likeness (QED) is 0.655. The molecule has 1 saturated heterocycles. The highest BCUT2D eigenvalue weighted by atomic mass is 79.9. The number of anilines is 1. The number of piperidine rings is 1. The number of halogens is 1. The number of rotatable bonds is 4. The van der Waals surface area contributed by atoms with Crippen molar-refractivity contribution in [1.29, 1.82) is 0 Å². The van der Waals surface area contributed by atoms with E-state index < -0.39 is 0 Å². The molecule has 0 unspecified atom stereocenters. The second-order valence-electron chi connectivity index (χ2n) is 6.94. The molecule has 0 aliphatic carbocycles. The van der Waals surface area contributed by atoms with E-state index in [0.717, 1.165) is 10.3 Å². The van der Waals surface area contributed by atoms with Crippen LogP contribution >= 0.6 is 15.9 Å². The summed E-state index contributed by atoms with van der Waals surface area (Å²) in [6.45, 7) is 1.15. The van der Waals surface area contributed by atoms with Gasteiger partial charge in [-0.25, -0.2) is 9.97 Å². The van der Waals surface area contributed by atoms with E-state index in [9.17, 15) is 9.59 Å². The SMILES string of the molecule is O=C(Nc1ccc(-n2ccnc2)nc1)C1CCN(C(=O)c2ccc(Br)cc2)CC1. The Morgan fingerprint density at radius 3 is 2.45 bits per heavy atom. The lowest BCUT2D eigenvalue weighted by molar-refractivity contribution is -0.121. The van der Waals surface area contributed by atoms with E-state index in [2.05, 4.69) is 31.2 Å². The van der Waals surface area contributed by atoms with Crippen LogP contribution in [0, 0.1) is 5.92 Å². The van der Waals surface area contributed by atoms with Gasteiger partial charge >= 0.3 is 0 Å². The van der Waals surface area contributed by atoms with Crippen molar-refractivity contribution >= 4 is 33.4 Å². The molecule has 0 spiro atoms. The molecule has 8 heteroatoms. The lowest BCUT2D eigenvalue weighted by atomic mass is 9.95. The van der Waals surface area contributed by atoms with Crippen LogP contribution in [0.1, 0.15) is 23.2 Å². The Hall–Kier alpha value is -3.00. The van der Waals surface area contributed by atoms with Crippen molar-refractivity contribution in [2.45, 2.75) is 12.8 Å². The Kier molecular flexibility index (Phi) is 5.71. The van der Waals surface area contributed by atoms with Gasteiger partial charge in [0.2, 0.25) is 5.91 Å². The Bertz CT molecular complexity index is 979. The maximum absolute atomic E-state index is 12.6. The van der Waals surface area contributed by atoms with Crippen molar-refractivity contribution in [3.05, 3.63) is 71.4 Å². The summed E-state index contributed by atoms with van der Waals surface area (Å²) in [5.41, 5.74) is 1.33. The van der Waals surface area contributed by atoms with E-state index >= 15 is 0 Å². The fourth-order valence-electron chi connectivity index (χ4n) is 3.37. The molecule has 1 N–H and O–H groups in total. The first-order valence-electron chi connectivity index (χ1n) is 9.40. The van der Waals surface area contributed by atoms with Gasteiger partial charge in [-0.3, -0.25) is 14.2 Å². The average Bonchev–Trinajstić information content (AvgIpc) is 3.29. The van der Waals surface area contributed by atoms with E-state index in [-0.39, 0.29) is 17.7 Å². The van der Waals surface area contributed by atoms with Gasteiger partial charge in [-0.1, -0.05) is 15.9 Å². The van der Waals surface area contributed by atoms with E-state index in [1.807, 2.05) is 47.5 Å². The van der Waals surface area contributed by atoms with Crippen molar-refractivity contribution in [3.8, 4) is 5.82 Å². The molecule has 2 aromatic heterocycles. The number of imidazole rings is 1. The fourth-order valence-corrected chi connectivity index (χ4v) is 3.64. The van der Waals surface area contributed by atoms with Crippen LogP contribution < -0.4 is 5.32 Å². The third-order valence-electron chi connectivity index (χ3n) is 5.03. The van der Waals surface area contributed by atoms with Crippen molar-refractivity contribution in [3.63, 3.8) is 0 Å². The minimum atomic E-state index is -0.114. The summed E-state index contributed by atoms with van der Waals surface area (Å²) in [5.74, 6) is 0.603. The number of hydrogen-bond acceptors (Lipinski definition) is 4. The second-order valence-corrected chi connectivity index (χ2v) is 7.85. The molecular weight excluding hydrogens is 434 g/mol. The highest BCUT2D eigenvalue weighted by Crippen LogP contribution is 2.22. The van der Waals surface area contributed by atoms with Crippen molar-refractivity contribution in [2.24, 2.45) is 5.92 Å². The van der Waals surface area contributed by atoms with Gasteiger partial charge in [0.15, 0.2) is 0 Å². The largest absolute Gasteiger partial charge is 0.339 e. The smallest absolute Gasteiger partial charge is 0.253 e. The van der Waals surface area contributed by atoms with Crippen molar-refractivity contribution < 1.29 is 9.59 Å². The summed E-state index contributed by atoms with van der Waals surface area (Å²) in [5, 5.41) is 2.93. The number of likely N-dealkylation sites (tertiary alicyclic amines) is 1. The highest BCUT2D eigenvalue weighted by molar-refractivity contribution is 9.10. The van der Waals surface area contributed by atoms with Gasteiger partial charge in [-0.15, -0.1) is 0 Å². The zero-order valence-electron chi connectivity index (χ0n) is 15.7. The van der Waals surface area contributed by atoms with Gasteiger partial charge in [0, 0.05) is 41.4 Å². The van der Waals surface area contributed by atoms with E-state index in [0.29, 0.717) is 37.2 Å². The van der Waals surface area contributed by atoms with Crippen LogP contribution in [0.25, 0.3) is 5.82 Å². The van der Waals surface area contributed by atoms with Gasteiger partial charge in [-0.2, -0.15) is 0 Å². The number of benzene rings is 1. The first kappa shape index (κ1) is 19.3. The Labute approximate surface area is 176 Å². The summed E-state index contributed by atoms with van der Waals surface area (Å²) in [7, 11) is 0. The Balaban J connectivity index is 1.31. The third kappa shape index (κ3) is 4.54. The number of carbonyl (C=O) groups is 2. The molecule has 3 aromatic rings. The highest BCUT2D eigenvalue weighted by Gasteiger charge is 2.28. The first-order valence-corrected chi connectivity index (χ1v) is 10.2. The van der Waals surface area contributed by atoms with Gasteiger partial charge in [0.1, 0.15) is 12.1 Å². The fraction of sp³-hybridized carbons (Fsp3) is 0.238. The molecule has 1 fully saturated rings. The number of carbonyl (C=O) groups excluding carboxylic acids is 2. The topological polar surface area (TPSA) is 80.1 Å². The molecule has 4 rings (SSSR count). The number of nitrogens with one attached hydrogen (secondary N) is 1. The van der Waals surface area contributed by atoms with Crippen LogP contribution in [0.5, 0.6) is 0 Å². The molecular formula is C21H20BrN5O2. The van der Waals surface area contributed by atoms with E-state index in [4.69, 9.17) is 0 Å². The molecule has 1 aromatic carbocycles. The predicted octanol–water partition coefficient (Wildman–Crippen LogP) is 3.52. The van der Waals surface area contributed by atoms with Crippen LogP contribution in [-0.4, -0.2) is 44.3 Å². The third-order valence-corrected chi connectivity index (χ3v) is 5.56. The van der Waals surface area contributed by atoms with Crippen LogP contribution in [-0.2, 0) is 4.79 Å². The van der Waals surface area contributed by atoms with Gasteiger partial charge in [0.25, 0.3) is 5.91 Å². The van der Waals surface area contributed by atoms with Gasteiger partial charge in [0.05, 0.1) is 11.9 Å². The number of aromatic nitrogens is 3. The zero-order valence-corrected chi connectivity index (χ0v) is 17.2. The molecule has 0 atom stereocenters. The summed E-state index contributed by atoms with van der Waals surface area (Å²) < 4.78 is 2.74. The normalized spacial score (nSPS) is 14.6. The molecule has 29 heavy (non-hydrogen) atoms. The molecule has 7 nitrogen and oxygen atoms in total. The number of amides is 2. The molecule has 0 radical (unpaired) electrons. The molecule has 0 bridgehead atoms. The predicted molar refractivity (Wildman–Crippen MR) is 113 cm³/mol. The van der Waals surface area contributed by atoms with Crippen molar-refractivity contribution in [2.75, 3.05) is 18.4 Å². The van der Waals surface area contributed by atoms with E-state index in [1.165, 1.54) is 0 Å². The van der Waals surface area contributed by atoms with Gasteiger partial charge in [-0.05, 0) is 49.2 Å². The lowest BCUT2D eigenvalue weighted by Crippen LogP contribution is -2.41. The standard InChI is InChI=1S/C21H20BrN5O2/c22-17-3-1-16(2-4-17)21(29)26-10-7-15(8-11-26)20(28)25-18-5-6-19(24-13-18)27-12-9-23-14-27/h1-6,9,12-15H,7-8,10-11H2,(H,25,28). The number of pyridine rings is 1. The number of hydrogen-bond donors (Lipinski definition) is 1. The second kappa shape index (κ2) is 8.57. The zero-order chi connectivity index (χ0) is 20.2. The van der Waals surface area contributed by atoms with Gasteiger partial charge < -0.3 is 10.2 Å². The Morgan fingerprint density at radius 1 is 1.07 bits per heavy atom. The maximum Gasteiger partial charge on any atom is 0.253 e. The summed E-state index contributed by atoms with van der Waals surface area (Å²) in [6.07, 6.45) is 8.10. The molecule has 1 aliphatic rings. The minimum Gasteiger partial charge on any atom is -0.339 e. The minimum absolute atomic E-state index is 0.00986. The number of nitrogens with zero attached hydrogens (tertiary/aromatic N) is 4. The van der Waals surface area contributed by atoms with Crippen LogP contribution in [0.3, 0.4) is 0 Å². The molecule has 0 saturated carbocycles. The summed E-state index contributed by atoms with van der Waals surface area (Å²) >= 11 is 3.38. The van der Waals surface area contributed by atoms with E-state index in [1.54, 1.807) is 23.3 Å². The molecule has 3 heterocycles.